The summed E-state index contributed by atoms with van der Waals surface area (Å²) in [6.45, 7) is 24.8. The Kier molecular flexibility index (Phi) is 9.33. The number of hydrogen-bond donors (Lipinski definition) is 0. The van der Waals surface area contributed by atoms with Crippen LogP contribution < -0.4 is 0 Å². The molecule has 3 fully saturated rings. The van der Waals surface area contributed by atoms with E-state index in [1.54, 1.807) is 0 Å². The molecule has 0 spiro atoms. The molecule has 0 aliphatic carbocycles. The molecular formula is C28H52O5. The molecule has 15 atom stereocenters. The summed E-state index contributed by atoms with van der Waals surface area (Å²) in [6, 6.07) is 0. The van der Waals surface area contributed by atoms with Crippen molar-refractivity contribution in [3.63, 3.8) is 0 Å². The lowest BCUT2D eigenvalue weighted by Crippen LogP contribution is -2.58. The van der Waals surface area contributed by atoms with E-state index in [0.717, 1.165) is 12.8 Å². The minimum Gasteiger partial charge on any atom is -0.372 e. The molecular weight excluding hydrogens is 416 g/mol. The Labute approximate surface area is 203 Å². The fourth-order valence-corrected chi connectivity index (χ4v) is 6.19. The second kappa shape index (κ2) is 11.2. The fraction of sp³-hybridized carbons (Fsp3) is 1.00. The van der Waals surface area contributed by atoms with Gasteiger partial charge in [0.25, 0.3) is 0 Å². The molecule has 8 unspecified atom stereocenters. The standard InChI is InChI=1S/C28H52O5/c1-12-23-17(6)19(8)26(33-27-20(9)14(3)15(4)22(11)30-27)28(31-23)32-25-18(7)16(5)21(10)29-24(25)13-2/h14-28H,12-13H2,1-11H3/t14-,15-,16?,17+,18?,19?,20?,21?,22?,23?,24?,25-,26-,27-,28-/m0/s1. The minimum atomic E-state index is -0.410. The maximum Gasteiger partial charge on any atom is 0.184 e. The van der Waals surface area contributed by atoms with Gasteiger partial charge >= 0.3 is 0 Å². The summed E-state index contributed by atoms with van der Waals surface area (Å²) < 4.78 is 33.1. The van der Waals surface area contributed by atoms with E-state index in [1.807, 2.05) is 0 Å². The number of rotatable bonds is 6. The first-order valence-corrected chi connectivity index (χ1v) is 13.8. The molecule has 0 saturated carbocycles. The molecule has 5 heteroatoms. The van der Waals surface area contributed by atoms with E-state index in [-0.39, 0.29) is 42.9 Å². The van der Waals surface area contributed by atoms with Crippen molar-refractivity contribution < 1.29 is 23.7 Å². The van der Waals surface area contributed by atoms with Crippen LogP contribution in [-0.4, -0.2) is 49.2 Å². The van der Waals surface area contributed by atoms with E-state index in [4.69, 9.17) is 23.7 Å². The van der Waals surface area contributed by atoms with Crippen LogP contribution in [0, 0.1) is 41.4 Å². The molecule has 33 heavy (non-hydrogen) atoms. The first-order chi connectivity index (χ1) is 15.5. The van der Waals surface area contributed by atoms with Crippen LogP contribution in [0.3, 0.4) is 0 Å². The minimum absolute atomic E-state index is 0.00187. The van der Waals surface area contributed by atoms with Crippen LogP contribution in [0.4, 0.5) is 0 Å². The van der Waals surface area contributed by atoms with Gasteiger partial charge in [-0.1, -0.05) is 62.3 Å². The first kappa shape index (κ1) is 27.4. The van der Waals surface area contributed by atoms with E-state index < -0.39 is 6.29 Å². The third-order valence-corrected chi connectivity index (χ3v) is 9.92. The Morgan fingerprint density at radius 3 is 1.58 bits per heavy atom. The summed E-state index contributed by atoms with van der Waals surface area (Å²) in [6.07, 6.45) is 1.77. The molecule has 3 saturated heterocycles. The molecule has 194 valence electrons. The van der Waals surface area contributed by atoms with E-state index in [1.165, 1.54) is 0 Å². The molecule has 3 rings (SSSR count). The van der Waals surface area contributed by atoms with Gasteiger partial charge in [0.2, 0.25) is 0 Å². The second-order valence-electron chi connectivity index (χ2n) is 11.7. The lowest BCUT2D eigenvalue weighted by molar-refractivity contribution is -0.354. The molecule has 0 radical (unpaired) electrons. The van der Waals surface area contributed by atoms with Crippen molar-refractivity contribution in [1.29, 1.82) is 0 Å². The van der Waals surface area contributed by atoms with E-state index in [9.17, 15) is 0 Å². The largest absolute Gasteiger partial charge is 0.372 e. The van der Waals surface area contributed by atoms with Gasteiger partial charge in [0.05, 0.1) is 30.5 Å². The topological polar surface area (TPSA) is 46.2 Å². The highest BCUT2D eigenvalue weighted by atomic mass is 16.7. The van der Waals surface area contributed by atoms with Gasteiger partial charge in [-0.3, -0.25) is 0 Å². The Bertz CT molecular complexity index is 611. The molecule has 0 aromatic carbocycles. The Morgan fingerprint density at radius 1 is 0.455 bits per heavy atom. The summed E-state index contributed by atoms with van der Waals surface area (Å²) in [5.41, 5.74) is 0. The second-order valence-corrected chi connectivity index (χ2v) is 11.7. The molecule has 3 heterocycles. The smallest absolute Gasteiger partial charge is 0.184 e. The van der Waals surface area contributed by atoms with Crippen LogP contribution >= 0.6 is 0 Å². The van der Waals surface area contributed by atoms with E-state index in [0.29, 0.717) is 41.4 Å². The van der Waals surface area contributed by atoms with Gasteiger partial charge in [-0.05, 0) is 62.2 Å². The Balaban J connectivity index is 1.83. The molecule has 0 aromatic rings. The summed E-state index contributed by atoms with van der Waals surface area (Å²) in [5.74, 6) is 2.91. The summed E-state index contributed by atoms with van der Waals surface area (Å²) in [4.78, 5) is 0. The monoisotopic (exact) mass is 468 g/mol. The lowest BCUT2D eigenvalue weighted by atomic mass is 9.79. The summed E-state index contributed by atoms with van der Waals surface area (Å²) in [5, 5.41) is 0. The van der Waals surface area contributed by atoms with Crippen molar-refractivity contribution in [1.82, 2.24) is 0 Å². The van der Waals surface area contributed by atoms with E-state index >= 15 is 0 Å². The zero-order chi connectivity index (χ0) is 24.6. The average Bonchev–Trinajstić information content (AvgIpc) is 2.80. The van der Waals surface area contributed by atoms with Crippen molar-refractivity contribution in [3.8, 4) is 0 Å². The van der Waals surface area contributed by atoms with E-state index in [2.05, 4.69) is 76.2 Å². The van der Waals surface area contributed by atoms with Gasteiger partial charge in [-0.25, -0.2) is 0 Å². The molecule has 0 bridgehead atoms. The molecule has 5 nitrogen and oxygen atoms in total. The highest BCUT2D eigenvalue weighted by molar-refractivity contribution is 4.91. The Morgan fingerprint density at radius 2 is 0.970 bits per heavy atom. The molecule has 0 amide bonds. The quantitative estimate of drug-likeness (QED) is 0.459. The van der Waals surface area contributed by atoms with Crippen LogP contribution in [0.1, 0.15) is 89.0 Å². The van der Waals surface area contributed by atoms with Crippen LogP contribution in [0.25, 0.3) is 0 Å². The van der Waals surface area contributed by atoms with Crippen molar-refractivity contribution >= 4 is 0 Å². The maximum absolute atomic E-state index is 6.85. The average molecular weight is 469 g/mol. The molecule has 0 aromatic heterocycles. The zero-order valence-corrected chi connectivity index (χ0v) is 23.1. The van der Waals surface area contributed by atoms with Crippen molar-refractivity contribution in [2.75, 3.05) is 0 Å². The fourth-order valence-electron chi connectivity index (χ4n) is 6.19. The molecule has 3 aliphatic rings. The van der Waals surface area contributed by atoms with Crippen molar-refractivity contribution in [2.45, 2.75) is 138 Å². The SMILES string of the molecule is CCC1O[C@@H](O[C@@H]2C(CC)OC(C)C(C)C2C)[C@@H](O[C@@H]2OC(C)[C@@H](C)[C@H](C)C2C)C(C)[C@H]1C. The van der Waals surface area contributed by atoms with Crippen LogP contribution in [0.5, 0.6) is 0 Å². The lowest BCUT2D eigenvalue weighted by Gasteiger charge is -2.51. The maximum atomic E-state index is 6.85. The predicted molar refractivity (Wildman–Crippen MR) is 132 cm³/mol. The van der Waals surface area contributed by atoms with Gasteiger partial charge in [-0.2, -0.15) is 0 Å². The molecule has 0 N–H and O–H groups in total. The van der Waals surface area contributed by atoms with Gasteiger partial charge in [0.1, 0.15) is 6.10 Å². The van der Waals surface area contributed by atoms with Crippen molar-refractivity contribution in [3.05, 3.63) is 0 Å². The first-order valence-electron chi connectivity index (χ1n) is 13.8. The highest BCUT2D eigenvalue weighted by Gasteiger charge is 2.49. The summed E-state index contributed by atoms with van der Waals surface area (Å²) in [7, 11) is 0. The van der Waals surface area contributed by atoms with Crippen molar-refractivity contribution in [2.24, 2.45) is 41.4 Å². The van der Waals surface area contributed by atoms with Gasteiger partial charge < -0.3 is 23.7 Å². The number of hydrogen-bond acceptors (Lipinski definition) is 5. The normalized spacial score (nSPS) is 53.7. The van der Waals surface area contributed by atoms with Gasteiger partial charge in [0, 0.05) is 5.92 Å². The number of ether oxygens (including phenoxy) is 5. The predicted octanol–water partition coefficient (Wildman–Crippen LogP) is 6.29. The third-order valence-electron chi connectivity index (χ3n) is 9.92. The van der Waals surface area contributed by atoms with Gasteiger partial charge in [-0.15, -0.1) is 0 Å². The van der Waals surface area contributed by atoms with Crippen LogP contribution in [-0.2, 0) is 23.7 Å². The summed E-state index contributed by atoms with van der Waals surface area (Å²) >= 11 is 0. The van der Waals surface area contributed by atoms with Crippen LogP contribution in [0.2, 0.25) is 0 Å². The highest BCUT2D eigenvalue weighted by Crippen LogP contribution is 2.42. The zero-order valence-electron chi connectivity index (χ0n) is 23.1. The third kappa shape index (κ3) is 5.48. The van der Waals surface area contributed by atoms with Gasteiger partial charge in [0.15, 0.2) is 12.6 Å². The molecule has 3 aliphatic heterocycles. The van der Waals surface area contributed by atoms with Crippen LogP contribution in [0.15, 0.2) is 0 Å². The Hall–Kier alpha value is -0.200.